The van der Waals surface area contributed by atoms with Crippen LogP contribution in [0.3, 0.4) is 0 Å². The van der Waals surface area contributed by atoms with Crippen molar-refractivity contribution in [2.45, 2.75) is 25.6 Å². The smallest absolute Gasteiger partial charge is 0.318 e. The Balaban J connectivity index is 2.94. The van der Waals surface area contributed by atoms with Gasteiger partial charge in [-0.25, -0.2) is 18.5 Å². The van der Waals surface area contributed by atoms with Gasteiger partial charge in [0.05, 0.1) is 11.3 Å². The molecule has 0 spiro atoms. The third-order valence-electron chi connectivity index (χ3n) is 3.66. The van der Waals surface area contributed by atoms with Crippen LogP contribution < -0.4 is 10.2 Å². The molecule has 1 N–H and O–H groups in total. The fourth-order valence-corrected chi connectivity index (χ4v) is 2.60. The van der Waals surface area contributed by atoms with Crippen molar-refractivity contribution in [3.8, 4) is 12.5 Å². The van der Waals surface area contributed by atoms with Gasteiger partial charge in [-0.05, 0) is 18.1 Å². The van der Waals surface area contributed by atoms with Gasteiger partial charge in [-0.1, -0.05) is 20.3 Å². The third-order valence-corrected chi connectivity index (χ3v) is 3.66. The van der Waals surface area contributed by atoms with Gasteiger partial charge in [-0.15, -0.1) is 0 Å². The molecule has 0 saturated carbocycles. The largest absolute Gasteiger partial charge is 0.416 e. The van der Waals surface area contributed by atoms with Gasteiger partial charge in [-0.2, -0.15) is 13.2 Å². The lowest BCUT2D eigenvalue weighted by atomic mass is 9.76. The van der Waals surface area contributed by atoms with Gasteiger partial charge in [0.25, 0.3) is 0 Å². The van der Waals surface area contributed by atoms with E-state index in [4.69, 9.17) is 6.42 Å². The molecule has 0 saturated heterocycles. The Morgan fingerprint density at radius 1 is 1.32 bits per heavy atom. The van der Waals surface area contributed by atoms with Gasteiger partial charge in [0, 0.05) is 6.04 Å². The van der Waals surface area contributed by atoms with E-state index in [1.807, 2.05) is 6.04 Å². The van der Waals surface area contributed by atoms with Crippen LogP contribution in [-0.4, -0.2) is 12.2 Å². The monoisotopic (exact) mass is 318 g/mol. The normalized spacial score (nSPS) is 21.4. The quantitative estimate of drug-likeness (QED) is 0.624. The minimum absolute atomic E-state index is 0.476. The molecule has 2 amide bonds. The lowest BCUT2D eigenvalue weighted by Crippen LogP contribution is -2.65. The first-order valence-electron chi connectivity index (χ1n) is 6.21. The van der Waals surface area contributed by atoms with E-state index in [-0.39, 0.29) is 0 Å². The molecule has 0 aliphatic carbocycles. The molecular weight excluding hydrogens is 307 g/mol. The number of fused-ring (bicyclic) bond motifs is 1. The van der Waals surface area contributed by atoms with E-state index in [0.29, 0.717) is 11.0 Å². The highest BCUT2D eigenvalue weighted by molar-refractivity contribution is 5.99. The van der Waals surface area contributed by atoms with Crippen LogP contribution in [0.4, 0.5) is 32.4 Å². The second-order valence-electron chi connectivity index (χ2n) is 5.11. The first-order valence-corrected chi connectivity index (χ1v) is 6.21. The fraction of sp³-hybridized carbons (Fsp3) is 0.357. The van der Waals surface area contributed by atoms with E-state index < -0.39 is 46.5 Å². The van der Waals surface area contributed by atoms with E-state index in [1.54, 1.807) is 5.32 Å². The Morgan fingerprint density at radius 3 is 2.36 bits per heavy atom. The maximum absolute atomic E-state index is 14.2. The summed E-state index contributed by atoms with van der Waals surface area (Å²) in [5.74, 6) is -4.45. The molecule has 1 heterocycles. The number of hydrogen-bond donors (Lipinski definition) is 1. The predicted molar refractivity (Wildman–Crippen MR) is 68.8 cm³/mol. The molecule has 0 fully saturated rings. The molecule has 0 bridgehead atoms. The summed E-state index contributed by atoms with van der Waals surface area (Å²) in [6.45, 7) is 2.29. The van der Waals surface area contributed by atoms with Gasteiger partial charge in [-0.3, -0.25) is 0 Å². The van der Waals surface area contributed by atoms with Crippen LogP contribution in [0.2, 0.25) is 0 Å². The summed E-state index contributed by atoms with van der Waals surface area (Å²) < 4.78 is 68.7. The second kappa shape index (κ2) is 4.87. The number of nitrogens with one attached hydrogen (secondary N) is 1. The molecule has 1 unspecified atom stereocenters. The number of terminal acetylenes is 1. The number of hydrogen-bond acceptors (Lipinski definition) is 1. The topological polar surface area (TPSA) is 32.3 Å². The summed E-state index contributed by atoms with van der Waals surface area (Å²) in [5, 5.41) is 1.71. The van der Waals surface area contributed by atoms with E-state index in [9.17, 15) is 26.7 Å². The lowest BCUT2D eigenvalue weighted by molar-refractivity contribution is -0.211. The van der Waals surface area contributed by atoms with Gasteiger partial charge < -0.3 is 5.32 Å². The van der Waals surface area contributed by atoms with Gasteiger partial charge >= 0.3 is 12.2 Å². The van der Waals surface area contributed by atoms with E-state index in [0.717, 1.165) is 19.9 Å². The van der Waals surface area contributed by atoms with Crippen molar-refractivity contribution in [1.29, 1.82) is 0 Å². The summed E-state index contributed by atoms with van der Waals surface area (Å²) in [5.41, 5.74) is -4.59. The van der Waals surface area contributed by atoms with Crippen molar-refractivity contribution < 1.29 is 26.7 Å². The van der Waals surface area contributed by atoms with Crippen LogP contribution in [0, 0.1) is 30.0 Å². The number of alkyl halides is 3. The maximum atomic E-state index is 14.2. The Labute approximate surface area is 123 Å². The highest BCUT2D eigenvalue weighted by atomic mass is 19.4. The average molecular weight is 318 g/mol. The minimum Gasteiger partial charge on any atom is -0.318 e. The van der Waals surface area contributed by atoms with E-state index >= 15 is 0 Å². The molecule has 2 rings (SSSR count). The first-order chi connectivity index (χ1) is 10.1. The number of carbonyl (C=O) groups is 1. The van der Waals surface area contributed by atoms with Crippen LogP contribution in [0.1, 0.15) is 19.4 Å². The number of benzene rings is 1. The van der Waals surface area contributed by atoms with Crippen LogP contribution in [0.15, 0.2) is 12.1 Å². The third kappa shape index (κ3) is 1.92. The molecule has 0 radical (unpaired) electrons. The summed E-state index contributed by atoms with van der Waals surface area (Å²) >= 11 is 0. The van der Waals surface area contributed by atoms with Crippen LogP contribution in [-0.2, 0) is 5.54 Å². The van der Waals surface area contributed by atoms with Crippen molar-refractivity contribution in [3.63, 3.8) is 0 Å². The van der Waals surface area contributed by atoms with Gasteiger partial charge in [0.1, 0.15) is 0 Å². The standard InChI is InChI=1S/C14H11F5N2O/c1-4-21-9-6-5-8(15)11(16)10(9)13(7(2)3,14(17,18)19)20-12(21)22/h1,5-7H,2-3H3,(H,20,22). The summed E-state index contributed by atoms with van der Waals surface area (Å²) in [6, 6.07) is 2.10. The Bertz CT molecular complexity index is 677. The molecule has 1 aliphatic rings. The molecule has 1 aliphatic heterocycles. The second-order valence-corrected chi connectivity index (χ2v) is 5.11. The number of urea groups is 1. The van der Waals surface area contributed by atoms with Crippen molar-refractivity contribution in [2.24, 2.45) is 5.92 Å². The zero-order valence-electron chi connectivity index (χ0n) is 11.6. The van der Waals surface area contributed by atoms with E-state index in [2.05, 4.69) is 0 Å². The average Bonchev–Trinajstić information content (AvgIpc) is 2.40. The fourth-order valence-electron chi connectivity index (χ4n) is 2.60. The van der Waals surface area contributed by atoms with Crippen molar-refractivity contribution in [1.82, 2.24) is 5.32 Å². The van der Waals surface area contributed by atoms with Crippen molar-refractivity contribution in [2.75, 3.05) is 4.90 Å². The van der Waals surface area contributed by atoms with Crippen LogP contribution >= 0.6 is 0 Å². The Morgan fingerprint density at radius 2 is 1.91 bits per heavy atom. The van der Waals surface area contributed by atoms with Crippen molar-refractivity contribution >= 4 is 11.7 Å². The summed E-state index contributed by atoms with van der Waals surface area (Å²) in [7, 11) is 0. The van der Waals surface area contributed by atoms with Crippen molar-refractivity contribution in [3.05, 3.63) is 29.3 Å². The molecular formula is C14H11F5N2O. The van der Waals surface area contributed by atoms with Crippen LogP contribution in [0.25, 0.3) is 0 Å². The Kier molecular flexibility index (Phi) is 3.56. The number of nitrogens with zero attached hydrogens (tertiary/aromatic N) is 1. The van der Waals surface area contributed by atoms with Gasteiger partial charge in [0.15, 0.2) is 17.2 Å². The molecule has 8 heteroatoms. The molecule has 22 heavy (non-hydrogen) atoms. The molecule has 1 aromatic rings. The molecule has 3 nitrogen and oxygen atoms in total. The zero-order valence-corrected chi connectivity index (χ0v) is 11.6. The van der Waals surface area contributed by atoms with Gasteiger partial charge in [0.2, 0.25) is 0 Å². The highest BCUT2D eigenvalue weighted by Gasteiger charge is 2.63. The molecule has 118 valence electrons. The zero-order chi connectivity index (χ0) is 16.9. The van der Waals surface area contributed by atoms with Crippen LogP contribution in [0.5, 0.6) is 0 Å². The summed E-state index contributed by atoms with van der Waals surface area (Å²) in [4.78, 5) is 12.4. The van der Waals surface area contributed by atoms with E-state index in [1.165, 1.54) is 0 Å². The lowest BCUT2D eigenvalue weighted by Gasteiger charge is -2.45. The molecule has 1 aromatic carbocycles. The number of anilines is 1. The maximum Gasteiger partial charge on any atom is 0.416 e. The number of halogens is 5. The minimum atomic E-state index is -5.05. The molecule has 0 aromatic heterocycles. The number of carbonyl (C=O) groups excluding carboxylic acids is 1. The first kappa shape index (κ1) is 16.1. The Hall–Kier alpha value is -2.30. The SMILES string of the molecule is C#CN1C(=O)NC(C(C)C)(C(F)(F)F)c2c1ccc(F)c2F. The molecule has 1 atom stereocenters. The predicted octanol–water partition coefficient (Wildman–Crippen LogP) is 3.50. The summed E-state index contributed by atoms with van der Waals surface area (Å²) in [6.07, 6.45) is 0.0333. The highest BCUT2D eigenvalue weighted by Crippen LogP contribution is 2.50. The number of rotatable bonds is 1. The number of amides is 2.